The van der Waals surface area contributed by atoms with E-state index in [1.54, 1.807) is 36.4 Å². The van der Waals surface area contributed by atoms with Crippen LogP contribution in [0.25, 0.3) is 11.4 Å². The summed E-state index contributed by atoms with van der Waals surface area (Å²) >= 11 is 3.42. The maximum atomic E-state index is 13.0. The number of ether oxygens (including phenoxy) is 2. The predicted octanol–water partition coefficient (Wildman–Crippen LogP) is 3.88. The van der Waals surface area contributed by atoms with Gasteiger partial charge in [0, 0.05) is 18.0 Å². The van der Waals surface area contributed by atoms with E-state index in [0.29, 0.717) is 21.5 Å². The van der Waals surface area contributed by atoms with Crippen LogP contribution in [0.1, 0.15) is 5.56 Å². The second-order valence-electron chi connectivity index (χ2n) is 5.56. The van der Waals surface area contributed by atoms with Gasteiger partial charge in [-0.05, 0) is 47.1 Å². The Balaban J connectivity index is 2.15. The molecule has 8 heteroatoms. The zero-order chi connectivity index (χ0) is 18.9. The van der Waals surface area contributed by atoms with Gasteiger partial charge in [-0.25, -0.2) is 17.4 Å². The van der Waals surface area contributed by atoms with Crippen LogP contribution in [0.3, 0.4) is 0 Å². The van der Waals surface area contributed by atoms with Crippen molar-refractivity contribution in [3.63, 3.8) is 0 Å². The number of nitrogens with zero attached hydrogens (tertiary/aromatic N) is 2. The number of hydrogen-bond donors (Lipinski definition) is 0. The van der Waals surface area contributed by atoms with Crippen molar-refractivity contribution in [1.29, 1.82) is 0 Å². The molecule has 26 heavy (non-hydrogen) atoms. The van der Waals surface area contributed by atoms with Gasteiger partial charge in [-0.15, -0.1) is 0 Å². The Hall–Kier alpha value is -2.32. The average molecular weight is 437 g/mol. The molecule has 0 fully saturated rings. The van der Waals surface area contributed by atoms with Crippen molar-refractivity contribution in [2.24, 2.45) is 0 Å². The zero-order valence-electron chi connectivity index (χ0n) is 14.4. The third kappa shape index (κ3) is 3.22. The molecule has 0 bridgehead atoms. The van der Waals surface area contributed by atoms with Gasteiger partial charge < -0.3 is 9.47 Å². The molecule has 0 unspecified atom stereocenters. The lowest BCUT2D eigenvalue weighted by Gasteiger charge is -2.13. The largest absolute Gasteiger partial charge is 0.493 e. The van der Waals surface area contributed by atoms with Gasteiger partial charge in [0.05, 0.1) is 23.6 Å². The van der Waals surface area contributed by atoms with Crippen molar-refractivity contribution in [3.8, 4) is 22.9 Å². The molecule has 0 aliphatic rings. The molecule has 136 valence electrons. The van der Waals surface area contributed by atoms with E-state index in [4.69, 9.17) is 9.47 Å². The second kappa shape index (κ2) is 7.13. The van der Waals surface area contributed by atoms with Crippen molar-refractivity contribution in [3.05, 3.63) is 58.8 Å². The summed E-state index contributed by atoms with van der Waals surface area (Å²) in [6, 6.07) is 10.1. The summed E-state index contributed by atoms with van der Waals surface area (Å²) in [7, 11) is -0.722. The van der Waals surface area contributed by atoms with Crippen molar-refractivity contribution < 1.29 is 17.9 Å². The number of imidazole rings is 1. The van der Waals surface area contributed by atoms with E-state index in [2.05, 4.69) is 20.9 Å². The lowest BCUT2D eigenvalue weighted by Crippen LogP contribution is -2.13. The van der Waals surface area contributed by atoms with Gasteiger partial charge in [0.15, 0.2) is 17.3 Å². The van der Waals surface area contributed by atoms with E-state index in [1.807, 2.05) is 6.92 Å². The number of aryl methyl sites for hydroxylation is 1. The fourth-order valence-electron chi connectivity index (χ4n) is 2.56. The molecule has 3 aromatic rings. The molecular weight excluding hydrogens is 420 g/mol. The summed E-state index contributed by atoms with van der Waals surface area (Å²) < 4.78 is 38.5. The Kier molecular flexibility index (Phi) is 5.06. The number of aromatic nitrogens is 2. The van der Waals surface area contributed by atoms with Gasteiger partial charge in [-0.3, -0.25) is 0 Å². The fourth-order valence-corrected chi connectivity index (χ4v) is 4.46. The van der Waals surface area contributed by atoms with Crippen molar-refractivity contribution in [2.45, 2.75) is 11.8 Å². The first-order valence-corrected chi connectivity index (χ1v) is 9.89. The Morgan fingerprint density at radius 2 is 1.77 bits per heavy atom. The molecular formula is C18H17BrN2O4S. The Morgan fingerprint density at radius 3 is 2.38 bits per heavy atom. The van der Waals surface area contributed by atoms with Crippen LogP contribution in [-0.4, -0.2) is 31.6 Å². The highest BCUT2D eigenvalue weighted by Crippen LogP contribution is 2.39. The number of halogens is 1. The molecule has 0 aliphatic carbocycles. The molecule has 0 radical (unpaired) electrons. The smallest absolute Gasteiger partial charge is 0.269 e. The van der Waals surface area contributed by atoms with Crippen LogP contribution in [0.15, 0.2) is 58.2 Å². The third-order valence-electron chi connectivity index (χ3n) is 3.88. The highest BCUT2D eigenvalue weighted by atomic mass is 79.9. The van der Waals surface area contributed by atoms with Crippen LogP contribution in [0, 0.1) is 6.92 Å². The minimum absolute atomic E-state index is 0.196. The van der Waals surface area contributed by atoms with Crippen LogP contribution in [0.2, 0.25) is 0 Å². The highest BCUT2D eigenvalue weighted by Gasteiger charge is 2.22. The minimum Gasteiger partial charge on any atom is -0.493 e. The first-order chi connectivity index (χ1) is 12.4. The summed E-state index contributed by atoms with van der Waals surface area (Å²) in [6.07, 6.45) is 2.88. The van der Waals surface area contributed by atoms with Crippen molar-refractivity contribution in [2.75, 3.05) is 14.2 Å². The quantitative estimate of drug-likeness (QED) is 0.606. The normalized spacial score (nSPS) is 11.4. The van der Waals surface area contributed by atoms with Crippen LogP contribution in [-0.2, 0) is 10.0 Å². The second-order valence-corrected chi connectivity index (χ2v) is 8.23. The lowest BCUT2D eigenvalue weighted by atomic mass is 10.2. The van der Waals surface area contributed by atoms with Crippen molar-refractivity contribution >= 4 is 26.0 Å². The molecule has 0 N–H and O–H groups in total. The summed E-state index contributed by atoms with van der Waals surface area (Å²) in [4.78, 5) is 4.43. The minimum atomic E-state index is -3.77. The molecule has 2 aromatic carbocycles. The highest BCUT2D eigenvalue weighted by molar-refractivity contribution is 9.10. The maximum absolute atomic E-state index is 13.0. The van der Waals surface area contributed by atoms with Gasteiger partial charge in [0.25, 0.3) is 10.0 Å². The number of methoxy groups -OCH3 is 2. The summed E-state index contributed by atoms with van der Waals surface area (Å²) in [5, 5.41) is 0. The monoisotopic (exact) mass is 436 g/mol. The summed E-state index contributed by atoms with van der Waals surface area (Å²) in [5.41, 5.74) is 1.56. The standard InChI is InChI=1S/C18H17BrN2O4S/c1-12-4-6-14(7-5-12)26(22,23)21-9-8-20-18(21)13-10-15(19)17(25-3)16(11-13)24-2/h4-11H,1-3H3. The summed E-state index contributed by atoms with van der Waals surface area (Å²) in [5.74, 6) is 1.28. The molecule has 0 spiro atoms. The van der Waals surface area contributed by atoms with Gasteiger partial charge >= 0.3 is 0 Å². The van der Waals surface area contributed by atoms with Crippen molar-refractivity contribution in [1.82, 2.24) is 8.96 Å². The molecule has 0 atom stereocenters. The molecule has 0 amide bonds. The van der Waals surface area contributed by atoms with E-state index < -0.39 is 10.0 Å². The average Bonchev–Trinajstić information content (AvgIpc) is 3.12. The molecule has 0 aliphatic heterocycles. The first-order valence-electron chi connectivity index (χ1n) is 7.66. The van der Waals surface area contributed by atoms with Gasteiger partial charge in [0.2, 0.25) is 0 Å². The van der Waals surface area contributed by atoms with E-state index in [-0.39, 0.29) is 10.7 Å². The lowest BCUT2D eigenvalue weighted by molar-refractivity contribution is 0.353. The van der Waals surface area contributed by atoms with Gasteiger partial charge in [0.1, 0.15) is 0 Å². The van der Waals surface area contributed by atoms with Crippen LogP contribution in [0.5, 0.6) is 11.5 Å². The SMILES string of the molecule is COc1cc(-c2nccn2S(=O)(=O)c2ccc(C)cc2)cc(Br)c1OC. The van der Waals surface area contributed by atoms with Crippen LogP contribution < -0.4 is 9.47 Å². The molecule has 0 saturated heterocycles. The fraction of sp³-hybridized carbons (Fsp3) is 0.167. The number of rotatable bonds is 5. The Labute approximate surface area is 160 Å². The zero-order valence-corrected chi connectivity index (χ0v) is 16.8. The molecule has 6 nitrogen and oxygen atoms in total. The maximum Gasteiger partial charge on any atom is 0.269 e. The van der Waals surface area contributed by atoms with Crippen LogP contribution >= 0.6 is 15.9 Å². The van der Waals surface area contributed by atoms with E-state index in [9.17, 15) is 8.42 Å². The topological polar surface area (TPSA) is 70.4 Å². The number of hydrogen-bond acceptors (Lipinski definition) is 5. The first kappa shape index (κ1) is 18.5. The third-order valence-corrected chi connectivity index (χ3v) is 6.15. The van der Waals surface area contributed by atoms with E-state index in [0.717, 1.165) is 9.54 Å². The summed E-state index contributed by atoms with van der Waals surface area (Å²) in [6.45, 7) is 1.90. The molecule has 1 heterocycles. The van der Waals surface area contributed by atoms with E-state index in [1.165, 1.54) is 26.6 Å². The molecule has 0 saturated carbocycles. The Morgan fingerprint density at radius 1 is 1.08 bits per heavy atom. The Bertz CT molecular complexity index is 1040. The molecule has 1 aromatic heterocycles. The predicted molar refractivity (Wildman–Crippen MR) is 102 cm³/mol. The van der Waals surface area contributed by atoms with E-state index >= 15 is 0 Å². The van der Waals surface area contributed by atoms with Gasteiger partial charge in [-0.2, -0.15) is 0 Å². The van der Waals surface area contributed by atoms with Gasteiger partial charge in [-0.1, -0.05) is 17.7 Å². The number of benzene rings is 2. The van der Waals surface area contributed by atoms with Crippen LogP contribution in [0.4, 0.5) is 0 Å². The molecule has 3 rings (SSSR count).